The highest BCUT2D eigenvalue weighted by atomic mass is 16.6. The summed E-state index contributed by atoms with van der Waals surface area (Å²) in [6, 6.07) is -0.983. The number of aliphatic carboxylic acids is 1. The summed E-state index contributed by atoms with van der Waals surface area (Å²) in [6.45, 7) is 11.6. The number of carboxylic acids is 1. The second-order valence-corrected chi connectivity index (χ2v) is 10.2. The quantitative estimate of drug-likeness (QED) is 0.546. The van der Waals surface area contributed by atoms with Crippen LogP contribution in [-0.4, -0.2) is 45.5 Å². The van der Waals surface area contributed by atoms with Crippen LogP contribution in [0.25, 0.3) is 0 Å². The average molecular weight is 408 g/mol. The molecule has 0 bridgehead atoms. The summed E-state index contributed by atoms with van der Waals surface area (Å²) >= 11 is 0. The number of hydrogen-bond acceptors (Lipinski definition) is 4. The molecule has 1 heterocycles. The van der Waals surface area contributed by atoms with Gasteiger partial charge in [-0.25, -0.2) is 9.59 Å². The Balaban J connectivity index is 1.89. The molecular formula is C23H37NO5. The predicted octanol–water partition coefficient (Wildman–Crippen LogP) is 4.96. The molecule has 2 aliphatic rings. The number of likely N-dealkylation sites (tertiary alicyclic amines) is 1. The molecule has 1 N–H and O–H groups in total. The van der Waals surface area contributed by atoms with E-state index in [-0.39, 0.29) is 17.2 Å². The number of carbonyl (C=O) groups excluding carboxylic acids is 2. The fourth-order valence-electron chi connectivity index (χ4n) is 4.42. The van der Waals surface area contributed by atoms with Gasteiger partial charge in [0.1, 0.15) is 17.4 Å². The minimum absolute atomic E-state index is 0.124. The molecule has 164 valence electrons. The standard InChI is InChI=1S/C23H37NO5/c1-15(2)8-7-9-16(3)12-17(25)10-11-23-13-18(20(26)27)24(19(23)14-23)21(28)29-22(4,5)6/h8,16,18-19H,7,9-14H2,1-6H3,(H,26,27)/t16-,18+,19-,23+/m1/s1. The van der Waals surface area contributed by atoms with Crippen LogP contribution in [0.2, 0.25) is 0 Å². The molecule has 4 atom stereocenters. The van der Waals surface area contributed by atoms with Crippen LogP contribution in [-0.2, 0) is 14.3 Å². The number of fused-ring (bicyclic) bond motifs is 1. The number of ether oxygens (including phenoxy) is 1. The van der Waals surface area contributed by atoms with E-state index in [1.54, 1.807) is 20.8 Å². The van der Waals surface area contributed by atoms with Crippen LogP contribution in [0.1, 0.15) is 86.5 Å². The zero-order valence-electron chi connectivity index (χ0n) is 18.8. The molecule has 1 saturated carbocycles. The van der Waals surface area contributed by atoms with Crippen molar-refractivity contribution in [1.29, 1.82) is 0 Å². The van der Waals surface area contributed by atoms with Gasteiger partial charge in [-0.05, 0) is 78.1 Å². The molecule has 0 aromatic rings. The van der Waals surface area contributed by atoms with Gasteiger partial charge in [0.15, 0.2) is 0 Å². The number of carboxylic acid groups (broad SMARTS) is 1. The molecule has 1 saturated heterocycles. The Morgan fingerprint density at radius 3 is 2.45 bits per heavy atom. The minimum Gasteiger partial charge on any atom is -0.480 e. The van der Waals surface area contributed by atoms with Crippen molar-refractivity contribution in [3.63, 3.8) is 0 Å². The van der Waals surface area contributed by atoms with Gasteiger partial charge in [0.25, 0.3) is 0 Å². The van der Waals surface area contributed by atoms with Crippen LogP contribution in [0.5, 0.6) is 0 Å². The maximum Gasteiger partial charge on any atom is 0.411 e. The van der Waals surface area contributed by atoms with E-state index in [4.69, 9.17) is 4.74 Å². The summed E-state index contributed by atoms with van der Waals surface area (Å²) in [6.07, 6.45) is 6.48. The maximum absolute atomic E-state index is 12.6. The largest absolute Gasteiger partial charge is 0.480 e. The highest BCUT2D eigenvalue weighted by molar-refractivity contribution is 5.83. The van der Waals surface area contributed by atoms with E-state index in [2.05, 4.69) is 26.8 Å². The fraction of sp³-hybridized carbons (Fsp3) is 0.783. The second-order valence-electron chi connectivity index (χ2n) is 10.2. The lowest BCUT2D eigenvalue weighted by atomic mass is 9.90. The van der Waals surface area contributed by atoms with Crippen molar-refractivity contribution < 1.29 is 24.2 Å². The number of nitrogens with zero attached hydrogens (tertiary/aromatic N) is 1. The molecule has 0 radical (unpaired) electrons. The summed E-state index contributed by atoms with van der Waals surface area (Å²) in [5, 5.41) is 9.58. The number of carbonyl (C=O) groups is 3. The molecule has 0 aromatic carbocycles. The molecule has 0 aromatic heterocycles. The van der Waals surface area contributed by atoms with Crippen LogP contribution in [0.4, 0.5) is 4.79 Å². The Morgan fingerprint density at radius 2 is 1.90 bits per heavy atom. The van der Waals surface area contributed by atoms with Crippen molar-refractivity contribution in [3.8, 4) is 0 Å². The van der Waals surface area contributed by atoms with E-state index in [0.29, 0.717) is 31.6 Å². The normalized spacial score (nSPS) is 26.5. The molecule has 1 amide bonds. The molecule has 2 rings (SSSR count). The summed E-state index contributed by atoms with van der Waals surface area (Å²) in [7, 11) is 0. The van der Waals surface area contributed by atoms with Gasteiger partial charge in [-0.1, -0.05) is 18.6 Å². The second kappa shape index (κ2) is 8.88. The molecule has 6 nitrogen and oxygen atoms in total. The van der Waals surface area contributed by atoms with E-state index >= 15 is 0 Å². The first-order chi connectivity index (χ1) is 13.3. The lowest BCUT2D eigenvalue weighted by Crippen LogP contribution is -2.45. The van der Waals surface area contributed by atoms with Crippen LogP contribution >= 0.6 is 0 Å². The van der Waals surface area contributed by atoms with Crippen LogP contribution < -0.4 is 0 Å². The topological polar surface area (TPSA) is 83.9 Å². The Morgan fingerprint density at radius 1 is 1.24 bits per heavy atom. The van der Waals surface area contributed by atoms with Crippen molar-refractivity contribution in [2.75, 3.05) is 0 Å². The number of ketones is 1. The van der Waals surface area contributed by atoms with Gasteiger partial charge in [0.2, 0.25) is 0 Å². The first-order valence-corrected chi connectivity index (χ1v) is 10.7. The van der Waals surface area contributed by atoms with Gasteiger partial charge in [0, 0.05) is 18.9 Å². The van der Waals surface area contributed by atoms with Crippen LogP contribution in [0.15, 0.2) is 11.6 Å². The van der Waals surface area contributed by atoms with Gasteiger partial charge < -0.3 is 9.84 Å². The SMILES string of the molecule is CC(C)=CCC[C@@H](C)CC(=O)CC[C@@]12C[C@@H](C(=O)O)N(C(=O)OC(C)(C)C)[C@@H]1C2. The molecule has 1 aliphatic carbocycles. The summed E-state index contributed by atoms with van der Waals surface area (Å²) in [5.74, 6) is -0.418. The molecular weight excluding hydrogens is 370 g/mol. The van der Waals surface area contributed by atoms with Gasteiger partial charge in [0.05, 0.1) is 0 Å². The van der Waals surface area contributed by atoms with Crippen molar-refractivity contribution in [2.45, 2.75) is 104 Å². The maximum atomic E-state index is 12.6. The lowest BCUT2D eigenvalue weighted by molar-refractivity contribution is -0.142. The molecule has 6 heteroatoms. The third kappa shape index (κ3) is 6.31. The molecule has 29 heavy (non-hydrogen) atoms. The Kier molecular flexibility index (Phi) is 7.18. The van der Waals surface area contributed by atoms with Crippen LogP contribution in [0, 0.1) is 11.3 Å². The van der Waals surface area contributed by atoms with E-state index in [1.165, 1.54) is 10.5 Å². The van der Waals surface area contributed by atoms with Gasteiger partial charge >= 0.3 is 12.1 Å². The van der Waals surface area contributed by atoms with Crippen molar-refractivity contribution in [1.82, 2.24) is 4.90 Å². The molecule has 1 aliphatic heterocycles. The van der Waals surface area contributed by atoms with Gasteiger partial charge in [-0.3, -0.25) is 9.69 Å². The molecule has 0 unspecified atom stereocenters. The molecule has 2 fully saturated rings. The fourth-order valence-corrected chi connectivity index (χ4v) is 4.42. The number of allylic oxidation sites excluding steroid dienone is 2. The highest BCUT2D eigenvalue weighted by Crippen LogP contribution is 2.62. The monoisotopic (exact) mass is 407 g/mol. The van der Waals surface area contributed by atoms with E-state index in [1.807, 2.05) is 0 Å². The summed E-state index contributed by atoms with van der Waals surface area (Å²) in [5.41, 5.74) is 0.393. The first kappa shape index (κ1) is 23.4. The number of amides is 1. The zero-order chi connectivity index (χ0) is 22.0. The van der Waals surface area contributed by atoms with Gasteiger partial charge in [-0.2, -0.15) is 0 Å². The number of hydrogen-bond donors (Lipinski definition) is 1. The summed E-state index contributed by atoms with van der Waals surface area (Å²) in [4.78, 5) is 38.1. The first-order valence-electron chi connectivity index (χ1n) is 10.7. The zero-order valence-corrected chi connectivity index (χ0v) is 18.8. The van der Waals surface area contributed by atoms with E-state index < -0.39 is 23.7 Å². The number of piperidine rings is 1. The Bertz CT molecular complexity index is 673. The van der Waals surface area contributed by atoms with Crippen molar-refractivity contribution >= 4 is 17.8 Å². The third-order valence-electron chi connectivity index (χ3n) is 6.00. The third-order valence-corrected chi connectivity index (χ3v) is 6.00. The summed E-state index contributed by atoms with van der Waals surface area (Å²) < 4.78 is 5.43. The van der Waals surface area contributed by atoms with E-state index in [9.17, 15) is 19.5 Å². The Labute approximate surface area is 174 Å². The number of rotatable bonds is 9. The number of Topliss-reactive ketones (excluding diaryl/α,β-unsaturated/α-hetero) is 1. The van der Waals surface area contributed by atoms with Crippen molar-refractivity contribution in [3.05, 3.63) is 11.6 Å². The average Bonchev–Trinajstić information content (AvgIpc) is 3.15. The smallest absolute Gasteiger partial charge is 0.411 e. The Hall–Kier alpha value is -1.85. The van der Waals surface area contributed by atoms with Gasteiger partial charge in [-0.15, -0.1) is 0 Å². The predicted molar refractivity (Wildman–Crippen MR) is 112 cm³/mol. The van der Waals surface area contributed by atoms with Crippen molar-refractivity contribution in [2.24, 2.45) is 11.3 Å². The lowest BCUT2D eigenvalue weighted by Gasteiger charge is -2.28. The molecule has 0 spiro atoms. The minimum atomic E-state index is -0.998. The van der Waals surface area contributed by atoms with E-state index in [0.717, 1.165) is 19.3 Å². The highest BCUT2D eigenvalue weighted by Gasteiger charge is 2.67. The van der Waals surface area contributed by atoms with Crippen LogP contribution in [0.3, 0.4) is 0 Å².